The minimum atomic E-state index is -0.763. The molecule has 132 valence electrons. The predicted molar refractivity (Wildman–Crippen MR) is 91.7 cm³/mol. The molecule has 1 fully saturated rings. The van der Waals surface area contributed by atoms with E-state index in [2.05, 4.69) is 10.1 Å². The number of rotatable bonds is 6. The number of aromatic nitrogens is 3. The zero-order chi connectivity index (χ0) is 17.7. The summed E-state index contributed by atoms with van der Waals surface area (Å²) < 4.78 is 17.6. The molecule has 0 N–H and O–H groups in total. The van der Waals surface area contributed by atoms with Crippen molar-refractivity contribution in [2.24, 2.45) is 5.41 Å². The molecule has 0 radical (unpaired) electrons. The summed E-state index contributed by atoms with van der Waals surface area (Å²) in [6.45, 7) is 5.20. The van der Waals surface area contributed by atoms with Gasteiger partial charge >= 0.3 is 0 Å². The van der Waals surface area contributed by atoms with Crippen molar-refractivity contribution in [1.29, 1.82) is 0 Å². The first-order chi connectivity index (χ1) is 12.1. The van der Waals surface area contributed by atoms with Gasteiger partial charge in [0.25, 0.3) is 0 Å². The third-order valence-corrected chi connectivity index (χ3v) is 3.95. The van der Waals surface area contributed by atoms with Gasteiger partial charge in [-0.1, -0.05) is 12.1 Å². The fourth-order valence-electron chi connectivity index (χ4n) is 2.63. The average Bonchev–Trinajstić information content (AvgIpc) is 3.16. The second-order valence-corrected chi connectivity index (χ2v) is 6.08. The highest BCUT2D eigenvalue weighted by atomic mass is 16.7. The lowest BCUT2D eigenvalue weighted by molar-refractivity contribution is -0.168. The van der Waals surface area contributed by atoms with Gasteiger partial charge in [-0.3, -0.25) is 4.79 Å². The highest BCUT2D eigenvalue weighted by Crippen LogP contribution is 2.29. The van der Waals surface area contributed by atoms with Crippen LogP contribution in [-0.2, 0) is 14.3 Å². The zero-order valence-electron chi connectivity index (χ0n) is 14.3. The monoisotopic (exact) mass is 343 g/mol. The van der Waals surface area contributed by atoms with Gasteiger partial charge in [-0.15, -0.1) is 0 Å². The lowest BCUT2D eigenvalue weighted by atomic mass is 9.85. The number of benzene rings is 1. The number of ketones is 1. The molecule has 0 atom stereocenters. The number of Topliss-reactive ketones (excluding diaryl/α,β-unsaturated/α-hetero) is 1. The largest absolute Gasteiger partial charge is 0.494 e. The number of hydrogen-bond acceptors (Lipinski definition) is 6. The third kappa shape index (κ3) is 3.94. The molecule has 0 bridgehead atoms. The van der Waals surface area contributed by atoms with Crippen molar-refractivity contribution in [3.05, 3.63) is 42.5 Å². The van der Waals surface area contributed by atoms with Gasteiger partial charge in [-0.05, 0) is 37.6 Å². The number of ether oxygens (including phenoxy) is 3. The molecule has 25 heavy (non-hydrogen) atoms. The Kier molecular flexibility index (Phi) is 5.25. The molecule has 1 aromatic heterocycles. The number of nitrogens with zero attached hydrogens (tertiary/aromatic N) is 3. The van der Waals surface area contributed by atoms with E-state index in [0.717, 1.165) is 11.3 Å². The van der Waals surface area contributed by atoms with Crippen LogP contribution in [0.4, 0.5) is 0 Å². The zero-order valence-corrected chi connectivity index (χ0v) is 14.3. The van der Waals surface area contributed by atoms with Crippen LogP contribution in [0, 0.1) is 5.41 Å². The Morgan fingerprint density at radius 1 is 1.32 bits per heavy atom. The molecule has 0 amide bonds. The summed E-state index contributed by atoms with van der Waals surface area (Å²) in [5, 5.41) is 4.12. The molecular weight excluding hydrogens is 322 g/mol. The Hall–Kier alpha value is -2.51. The van der Waals surface area contributed by atoms with Gasteiger partial charge in [0.05, 0.1) is 25.2 Å². The van der Waals surface area contributed by atoms with Crippen molar-refractivity contribution < 1.29 is 19.0 Å². The first-order valence-electron chi connectivity index (χ1n) is 8.12. The molecule has 1 aliphatic heterocycles. The van der Waals surface area contributed by atoms with Crippen LogP contribution in [0.2, 0.25) is 0 Å². The number of hydrogen-bond donors (Lipinski definition) is 0. The van der Waals surface area contributed by atoms with E-state index in [9.17, 15) is 4.79 Å². The van der Waals surface area contributed by atoms with E-state index in [-0.39, 0.29) is 12.6 Å². The van der Waals surface area contributed by atoms with E-state index >= 15 is 0 Å². The summed E-state index contributed by atoms with van der Waals surface area (Å²) in [4.78, 5) is 17.1. The van der Waals surface area contributed by atoms with Gasteiger partial charge in [0.1, 0.15) is 30.9 Å². The molecule has 1 saturated heterocycles. The molecule has 1 aliphatic rings. The Morgan fingerprint density at radius 3 is 2.64 bits per heavy atom. The summed E-state index contributed by atoms with van der Waals surface area (Å²) in [5.74, 6) is 0.681. The van der Waals surface area contributed by atoms with Gasteiger partial charge in [0.2, 0.25) is 0 Å². The molecule has 0 aliphatic carbocycles. The first kappa shape index (κ1) is 17.3. The molecule has 0 unspecified atom stereocenters. The van der Waals surface area contributed by atoms with Gasteiger partial charge in [0.15, 0.2) is 5.78 Å². The lowest BCUT2D eigenvalue weighted by Gasteiger charge is -2.32. The van der Waals surface area contributed by atoms with E-state index in [1.54, 1.807) is 6.08 Å². The van der Waals surface area contributed by atoms with Crippen LogP contribution in [0.15, 0.2) is 36.9 Å². The van der Waals surface area contributed by atoms with E-state index in [4.69, 9.17) is 14.2 Å². The second-order valence-electron chi connectivity index (χ2n) is 6.08. The molecule has 2 aromatic rings. The topological polar surface area (TPSA) is 75.5 Å². The van der Waals surface area contributed by atoms with Crippen LogP contribution >= 0.6 is 0 Å². The molecule has 7 nitrogen and oxygen atoms in total. The highest BCUT2D eigenvalue weighted by molar-refractivity contribution is 6.22. The van der Waals surface area contributed by atoms with E-state index in [1.807, 2.05) is 38.1 Å². The maximum absolute atomic E-state index is 13.2. The fraction of sp³-hybridized carbons (Fsp3) is 0.389. The van der Waals surface area contributed by atoms with Crippen LogP contribution in [0.5, 0.6) is 5.75 Å². The summed E-state index contributed by atoms with van der Waals surface area (Å²) in [6, 6.07) is 7.53. The molecule has 7 heteroatoms. The fourth-order valence-corrected chi connectivity index (χ4v) is 2.63. The van der Waals surface area contributed by atoms with Gasteiger partial charge in [-0.25, -0.2) is 9.67 Å². The Balaban J connectivity index is 1.93. The highest BCUT2D eigenvalue weighted by Gasteiger charge is 2.39. The van der Waals surface area contributed by atoms with Crippen molar-refractivity contribution in [3.8, 4) is 5.75 Å². The molecule has 3 rings (SSSR count). The van der Waals surface area contributed by atoms with Crippen LogP contribution < -0.4 is 4.74 Å². The minimum Gasteiger partial charge on any atom is -0.494 e. The average molecular weight is 343 g/mol. The van der Waals surface area contributed by atoms with Crippen molar-refractivity contribution in [2.45, 2.75) is 13.8 Å². The quantitative estimate of drug-likeness (QED) is 0.749. The maximum atomic E-state index is 13.2. The number of allylic oxidation sites excluding steroid dienone is 1. The summed E-state index contributed by atoms with van der Waals surface area (Å²) >= 11 is 0. The normalized spacial score (nSPS) is 17.3. The SMILES string of the molecule is CCOc1ccc(C=C(C(=O)C2(C)COCOC2)n2cncn2)cc1. The summed E-state index contributed by atoms with van der Waals surface area (Å²) in [5.41, 5.74) is 0.517. The van der Waals surface area contributed by atoms with Crippen molar-refractivity contribution in [3.63, 3.8) is 0 Å². The number of carbonyl (C=O) groups excluding carboxylic acids is 1. The third-order valence-electron chi connectivity index (χ3n) is 3.95. The van der Waals surface area contributed by atoms with Crippen molar-refractivity contribution >= 4 is 17.6 Å². The van der Waals surface area contributed by atoms with Gasteiger partial charge < -0.3 is 14.2 Å². The van der Waals surface area contributed by atoms with Crippen molar-refractivity contribution in [1.82, 2.24) is 14.8 Å². The lowest BCUT2D eigenvalue weighted by Crippen LogP contribution is -2.42. The van der Waals surface area contributed by atoms with Crippen LogP contribution in [0.25, 0.3) is 11.8 Å². The Labute approximate surface area is 146 Å². The first-order valence-corrected chi connectivity index (χ1v) is 8.12. The summed E-state index contributed by atoms with van der Waals surface area (Å²) in [7, 11) is 0. The van der Waals surface area contributed by atoms with Crippen LogP contribution in [0.1, 0.15) is 19.4 Å². The molecule has 0 spiro atoms. The molecule has 2 heterocycles. The maximum Gasteiger partial charge on any atom is 0.191 e. The summed E-state index contributed by atoms with van der Waals surface area (Å²) in [6.07, 6.45) is 4.69. The molecule has 0 saturated carbocycles. The smallest absolute Gasteiger partial charge is 0.191 e. The van der Waals surface area contributed by atoms with Crippen molar-refractivity contribution in [2.75, 3.05) is 26.6 Å². The van der Waals surface area contributed by atoms with E-state index in [0.29, 0.717) is 25.5 Å². The van der Waals surface area contributed by atoms with Crippen LogP contribution in [-0.4, -0.2) is 47.2 Å². The van der Waals surface area contributed by atoms with E-state index < -0.39 is 5.41 Å². The van der Waals surface area contributed by atoms with Crippen LogP contribution in [0.3, 0.4) is 0 Å². The minimum absolute atomic E-state index is 0.105. The Bertz CT molecular complexity index is 732. The van der Waals surface area contributed by atoms with Gasteiger partial charge in [0, 0.05) is 0 Å². The molecular formula is C18H21N3O4. The standard InChI is InChI=1S/C18H21N3O4/c1-3-25-15-6-4-14(5-7-15)8-16(21-12-19-11-20-21)17(22)18(2)9-23-13-24-10-18/h4-8,11-12H,3,9-10,13H2,1-2H3. The second kappa shape index (κ2) is 7.58. The van der Waals surface area contributed by atoms with Gasteiger partial charge in [-0.2, -0.15) is 5.10 Å². The van der Waals surface area contributed by atoms with E-state index in [1.165, 1.54) is 17.3 Å². The molecule has 1 aromatic carbocycles. The predicted octanol–water partition coefficient (Wildman–Crippen LogP) is 2.25. The Morgan fingerprint density at radius 2 is 2.04 bits per heavy atom. The number of carbonyl (C=O) groups is 1.